The number of nitrogen functional groups attached to an aromatic ring is 1. The lowest BCUT2D eigenvalue weighted by atomic mass is 10.2. The molecular formula is C14H23N3O3. The number of hydrogen-bond donors (Lipinski definition) is 2. The Labute approximate surface area is 119 Å². The molecule has 6 nitrogen and oxygen atoms in total. The normalized spacial score (nSPS) is 15.9. The van der Waals surface area contributed by atoms with Gasteiger partial charge in [0.15, 0.2) is 11.5 Å². The Balaban J connectivity index is 1.91. The highest BCUT2D eigenvalue weighted by molar-refractivity contribution is 5.72. The van der Waals surface area contributed by atoms with Gasteiger partial charge in [-0.25, -0.2) is 0 Å². The number of methoxy groups -OCH3 is 2. The lowest BCUT2D eigenvalue weighted by molar-refractivity contribution is 0.0398. The number of benzene rings is 1. The van der Waals surface area contributed by atoms with E-state index in [1.54, 1.807) is 20.3 Å². The number of nitrogens with one attached hydrogen (secondary N) is 1. The molecule has 0 atom stereocenters. The molecule has 3 N–H and O–H groups in total. The predicted molar refractivity (Wildman–Crippen MR) is 79.7 cm³/mol. The van der Waals surface area contributed by atoms with E-state index in [0.717, 1.165) is 45.1 Å². The molecule has 2 rings (SSSR count). The summed E-state index contributed by atoms with van der Waals surface area (Å²) in [4.78, 5) is 2.37. The van der Waals surface area contributed by atoms with Gasteiger partial charge in [0.2, 0.25) is 0 Å². The molecule has 1 heterocycles. The summed E-state index contributed by atoms with van der Waals surface area (Å²) in [6, 6.07) is 3.64. The van der Waals surface area contributed by atoms with Crippen LogP contribution in [0.2, 0.25) is 0 Å². The smallest absolute Gasteiger partial charge is 0.162 e. The second-order valence-corrected chi connectivity index (χ2v) is 4.68. The molecule has 1 aromatic rings. The summed E-state index contributed by atoms with van der Waals surface area (Å²) in [5, 5.41) is 3.34. The SMILES string of the molecule is COc1cc(N)c(NCCN2CCOCC2)cc1OC. The van der Waals surface area contributed by atoms with E-state index >= 15 is 0 Å². The minimum absolute atomic E-state index is 0.642. The van der Waals surface area contributed by atoms with Crippen LogP contribution in [-0.2, 0) is 4.74 Å². The molecule has 1 aliphatic rings. The molecule has 6 heteroatoms. The largest absolute Gasteiger partial charge is 0.493 e. The van der Waals surface area contributed by atoms with E-state index in [-0.39, 0.29) is 0 Å². The number of anilines is 2. The molecule has 1 aliphatic heterocycles. The third kappa shape index (κ3) is 3.68. The van der Waals surface area contributed by atoms with E-state index in [0.29, 0.717) is 17.2 Å². The van der Waals surface area contributed by atoms with Gasteiger partial charge in [-0.1, -0.05) is 0 Å². The van der Waals surface area contributed by atoms with E-state index in [2.05, 4.69) is 10.2 Å². The van der Waals surface area contributed by atoms with Crippen molar-refractivity contribution in [3.8, 4) is 11.5 Å². The van der Waals surface area contributed by atoms with Crippen molar-refractivity contribution in [2.45, 2.75) is 0 Å². The minimum atomic E-state index is 0.642. The topological polar surface area (TPSA) is 69.0 Å². The van der Waals surface area contributed by atoms with Gasteiger partial charge in [-0.15, -0.1) is 0 Å². The molecule has 20 heavy (non-hydrogen) atoms. The zero-order valence-electron chi connectivity index (χ0n) is 12.1. The number of hydrogen-bond acceptors (Lipinski definition) is 6. The Bertz CT molecular complexity index is 434. The first kappa shape index (κ1) is 14.7. The van der Waals surface area contributed by atoms with Crippen LogP contribution in [0, 0.1) is 0 Å². The first-order chi connectivity index (χ1) is 9.74. The number of rotatable bonds is 6. The lowest BCUT2D eigenvalue weighted by Crippen LogP contribution is -2.39. The van der Waals surface area contributed by atoms with Crippen LogP contribution in [0.5, 0.6) is 11.5 Å². The number of ether oxygens (including phenoxy) is 3. The maximum atomic E-state index is 6.01. The molecule has 0 saturated carbocycles. The zero-order chi connectivity index (χ0) is 14.4. The van der Waals surface area contributed by atoms with Crippen LogP contribution in [0.3, 0.4) is 0 Å². The van der Waals surface area contributed by atoms with Gasteiger partial charge in [-0.3, -0.25) is 4.90 Å². The Morgan fingerprint density at radius 1 is 1.20 bits per heavy atom. The Morgan fingerprint density at radius 2 is 1.85 bits per heavy atom. The van der Waals surface area contributed by atoms with Gasteiger partial charge in [-0.2, -0.15) is 0 Å². The van der Waals surface area contributed by atoms with Gasteiger partial charge in [0.25, 0.3) is 0 Å². The zero-order valence-corrected chi connectivity index (χ0v) is 12.1. The molecule has 0 aromatic heterocycles. The van der Waals surface area contributed by atoms with Crippen LogP contribution < -0.4 is 20.5 Å². The lowest BCUT2D eigenvalue weighted by Gasteiger charge is -2.26. The van der Waals surface area contributed by atoms with Crippen LogP contribution in [0.1, 0.15) is 0 Å². The third-order valence-corrected chi connectivity index (χ3v) is 3.40. The third-order valence-electron chi connectivity index (χ3n) is 3.40. The van der Waals surface area contributed by atoms with Crippen molar-refractivity contribution in [2.75, 3.05) is 64.7 Å². The molecular weight excluding hydrogens is 258 g/mol. The first-order valence-electron chi connectivity index (χ1n) is 6.80. The highest BCUT2D eigenvalue weighted by Gasteiger charge is 2.11. The van der Waals surface area contributed by atoms with Gasteiger partial charge in [0, 0.05) is 38.3 Å². The fraction of sp³-hybridized carbons (Fsp3) is 0.571. The minimum Gasteiger partial charge on any atom is -0.493 e. The Kier molecular flexibility index (Phi) is 5.31. The van der Waals surface area contributed by atoms with Gasteiger partial charge in [0.05, 0.1) is 38.8 Å². The van der Waals surface area contributed by atoms with Crippen molar-refractivity contribution in [1.29, 1.82) is 0 Å². The van der Waals surface area contributed by atoms with E-state index in [9.17, 15) is 0 Å². The second-order valence-electron chi connectivity index (χ2n) is 4.68. The monoisotopic (exact) mass is 281 g/mol. The summed E-state index contributed by atoms with van der Waals surface area (Å²) in [7, 11) is 3.22. The molecule has 1 fully saturated rings. The van der Waals surface area contributed by atoms with Gasteiger partial charge in [0.1, 0.15) is 0 Å². The molecule has 0 bridgehead atoms. The van der Waals surface area contributed by atoms with Crippen LogP contribution in [0.4, 0.5) is 11.4 Å². The molecule has 0 amide bonds. The molecule has 0 aliphatic carbocycles. The summed E-state index contributed by atoms with van der Waals surface area (Å²) >= 11 is 0. The average Bonchev–Trinajstić information content (AvgIpc) is 2.49. The van der Waals surface area contributed by atoms with Crippen molar-refractivity contribution < 1.29 is 14.2 Å². The van der Waals surface area contributed by atoms with Gasteiger partial charge < -0.3 is 25.3 Å². The maximum absolute atomic E-state index is 6.01. The molecule has 112 valence electrons. The summed E-state index contributed by atoms with van der Waals surface area (Å²) in [5.74, 6) is 1.32. The van der Waals surface area contributed by atoms with Crippen molar-refractivity contribution in [1.82, 2.24) is 4.90 Å². The van der Waals surface area contributed by atoms with Crippen molar-refractivity contribution in [3.05, 3.63) is 12.1 Å². The Hall–Kier alpha value is -1.66. The predicted octanol–water partition coefficient (Wildman–Crippen LogP) is 1.03. The van der Waals surface area contributed by atoms with Crippen LogP contribution in [0.25, 0.3) is 0 Å². The van der Waals surface area contributed by atoms with Crippen molar-refractivity contribution in [3.63, 3.8) is 0 Å². The Morgan fingerprint density at radius 3 is 2.50 bits per heavy atom. The van der Waals surface area contributed by atoms with Gasteiger partial charge >= 0.3 is 0 Å². The van der Waals surface area contributed by atoms with E-state index in [1.165, 1.54) is 0 Å². The van der Waals surface area contributed by atoms with Crippen LogP contribution >= 0.6 is 0 Å². The fourth-order valence-corrected chi connectivity index (χ4v) is 2.22. The van der Waals surface area contributed by atoms with E-state index < -0.39 is 0 Å². The number of nitrogens with two attached hydrogens (primary N) is 1. The maximum Gasteiger partial charge on any atom is 0.162 e. The molecule has 0 radical (unpaired) electrons. The summed E-state index contributed by atoms with van der Waals surface area (Å²) in [6.45, 7) is 5.42. The number of morpholine rings is 1. The first-order valence-corrected chi connectivity index (χ1v) is 6.80. The van der Waals surface area contributed by atoms with Crippen molar-refractivity contribution >= 4 is 11.4 Å². The highest BCUT2D eigenvalue weighted by Crippen LogP contribution is 2.34. The van der Waals surface area contributed by atoms with Crippen LogP contribution in [0.15, 0.2) is 12.1 Å². The van der Waals surface area contributed by atoms with Gasteiger partial charge in [-0.05, 0) is 0 Å². The highest BCUT2D eigenvalue weighted by atomic mass is 16.5. The van der Waals surface area contributed by atoms with Crippen molar-refractivity contribution in [2.24, 2.45) is 0 Å². The average molecular weight is 281 g/mol. The summed E-state index contributed by atoms with van der Waals surface area (Å²) in [6.07, 6.45) is 0. The van der Waals surface area contributed by atoms with E-state index in [1.807, 2.05) is 6.07 Å². The molecule has 0 spiro atoms. The molecule has 1 aromatic carbocycles. The number of nitrogens with zero attached hydrogens (tertiary/aromatic N) is 1. The standard InChI is InChI=1S/C14H23N3O3/c1-18-13-9-11(15)12(10-14(13)19-2)16-3-4-17-5-7-20-8-6-17/h9-10,16H,3-8,15H2,1-2H3. The second kappa shape index (κ2) is 7.21. The molecule has 1 saturated heterocycles. The van der Waals surface area contributed by atoms with Crippen LogP contribution in [-0.4, -0.2) is 58.5 Å². The molecule has 0 unspecified atom stereocenters. The summed E-state index contributed by atoms with van der Waals surface area (Å²) in [5.41, 5.74) is 7.54. The van der Waals surface area contributed by atoms with E-state index in [4.69, 9.17) is 19.9 Å². The quantitative estimate of drug-likeness (QED) is 0.759. The fourth-order valence-electron chi connectivity index (χ4n) is 2.22. The summed E-state index contributed by atoms with van der Waals surface area (Å²) < 4.78 is 15.8.